The van der Waals surface area contributed by atoms with Crippen molar-refractivity contribution in [1.82, 2.24) is 0 Å². The van der Waals surface area contributed by atoms with Crippen LogP contribution in [0, 0.1) is 17.5 Å². The molecule has 0 aliphatic carbocycles. The first-order valence-corrected chi connectivity index (χ1v) is 6.02. The standard InChI is InChI=1S/C15H14F3NO/c1-8(19)9-3-4-12(16)11(5-9)15-13(17)6-10(20-2)7-14(15)18/h3-8H,19H2,1-2H3. The normalized spacial score (nSPS) is 12.3. The van der Waals surface area contributed by atoms with Gasteiger partial charge in [-0.2, -0.15) is 0 Å². The molecule has 1 atom stereocenters. The van der Waals surface area contributed by atoms with Gasteiger partial charge in [0, 0.05) is 23.7 Å². The van der Waals surface area contributed by atoms with Gasteiger partial charge in [0.25, 0.3) is 0 Å². The first-order valence-electron chi connectivity index (χ1n) is 6.02. The predicted octanol–water partition coefficient (Wildman–Crippen LogP) is 3.80. The molecular weight excluding hydrogens is 267 g/mol. The molecule has 0 spiro atoms. The summed E-state index contributed by atoms with van der Waals surface area (Å²) in [4.78, 5) is 0. The van der Waals surface area contributed by atoms with E-state index >= 15 is 0 Å². The van der Waals surface area contributed by atoms with Crippen molar-refractivity contribution in [2.24, 2.45) is 5.73 Å². The molecule has 20 heavy (non-hydrogen) atoms. The minimum atomic E-state index is -0.887. The number of rotatable bonds is 3. The Morgan fingerprint density at radius 3 is 2.10 bits per heavy atom. The van der Waals surface area contributed by atoms with Crippen LogP contribution in [0.1, 0.15) is 18.5 Å². The molecule has 0 aliphatic heterocycles. The number of hydrogen-bond acceptors (Lipinski definition) is 2. The van der Waals surface area contributed by atoms with Crippen LogP contribution in [0.15, 0.2) is 30.3 Å². The molecule has 106 valence electrons. The van der Waals surface area contributed by atoms with Crippen molar-refractivity contribution in [2.75, 3.05) is 7.11 Å². The van der Waals surface area contributed by atoms with E-state index in [0.717, 1.165) is 18.2 Å². The molecule has 0 radical (unpaired) electrons. The molecular formula is C15H14F3NO. The number of halogens is 3. The lowest BCUT2D eigenvalue weighted by atomic mass is 9.98. The molecule has 5 heteroatoms. The molecule has 1 unspecified atom stereocenters. The van der Waals surface area contributed by atoms with Crippen molar-refractivity contribution in [3.8, 4) is 16.9 Å². The summed E-state index contributed by atoms with van der Waals surface area (Å²) < 4.78 is 46.6. The van der Waals surface area contributed by atoms with Gasteiger partial charge in [-0.3, -0.25) is 0 Å². The third kappa shape index (κ3) is 2.63. The van der Waals surface area contributed by atoms with E-state index in [9.17, 15) is 13.2 Å². The van der Waals surface area contributed by atoms with Crippen LogP contribution in [0.4, 0.5) is 13.2 Å². The van der Waals surface area contributed by atoms with E-state index in [4.69, 9.17) is 10.5 Å². The Hall–Kier alpha value is -2.01. The van der Waals surface area contributed by atoms with Crippen LogP contribution >= 0.6 is 0 Å². The lowest BCUT2D eigenvalue weighted by molar-refractivity contribution is 0.407. The Kier molecular flexibility index (Phi) is 3.99. The average Bonchev–Trinajstić information content (AvgIpc) is 2.39. The third-order valence-electron chi connectivity index (χ3n) is 3.04. The monoisotopic (exact) mass is 281 g/mol. The first-order chi connectivity index (χ1) is 9.43. The molecule has 0 aliphatic rings. The van der Waals surface area contributed by atoms with Gasteiger partial charge in [-0.1, -0.05) is 6.07 Å². The van der Waals surface area contributed by atoms with Gasteiger partial charge in [-0.25, -0.2) is 13.2 Å². The van der Waals surface area contributed by atoms with E-state index in [0.29, 0.717) is 5.56 Å². The molecule has 2 rings (SSSR count). The van der Waals surface area contributed by atoms with Crippen molar-refractivity contribution < 1.29 is 17.9 Å². The van der Waals surface area contributed by atoms with Gasteiger partial charge in [0.05, 0.1) is 12.7 Å². The maximum atomic E-state index is 14.0. The number of ether oxygens (including phenoxy) is 1. The summed E-state index contributed by atoms with van der Waals surface area (Å²) in [5, 5.41) is 0. The Bertz CT molecular complexity index is 618. The summed E-state index contributed by atoms with van der Waals surface area (Å²) in [6.45, 7) is 1.71. The van der Waals surface area contributed by atoms with Crippen LogP contribution < -0.4 is 10.5 Å². The highest BCUT2D eigenvalue weighted by Gasteiger charge is 2.18. The Labute approximate surface area is 115 Å². The van der Waals surface area contributed by atoms with Crippen LogP contribution in [0.5, 0.6) is 5.75 Å². The first kappa shape index (κ1) is 14.4. The lowest BCUT2D eigenvalue weighted by Crippen LogP contribution is -2.06. The predicted molar refractivity (Wildman–Crippen MR) is 70.9 cm³/mol. The summed E-state index contributed by atoms with van der Waals surface area (Å²) in [5.74, 6) is -2.45. The molecule has 0 fully saturated rings. The summed E-state index contributed by atoms with van der Waals surface area (Å²) in [7, 11) is 1.30. The van der Waals surface area contributed by atoms with E-state index in [-0.39, 0.29) is 17.4 Å². The molecule has 2 N–H and O–H groups in total. The summed E-state index contributed by atoms with van der Waals surface area (Å²) in [6.07, 6.45) is 0. The fraction of sp³-hybridized carbons (Fsp3) is 0.200. The number of benzene rings is 2. The van der Waals surface area contributed by atoms with Crippen molar-refractivity contribution >= 4 is 0 Å². The maximum Gasteiger partial charge on any atom is 0.137 e. The minimum absolute atomic E-state index is 0.0347. The quantitative estimate of drug-likeness (QED) is 0.928. The highest BCUT2D eigenvalue weighted by molar-refractivity contribution is 5.67. The van der Waals surface area contributed by atoms with E-state index in [2.05, 4.69) is 0 Å². The maximum absolute atomic E-state index is 14.0. The van der Waals surface area contributed by atoms with Crippen LogP contribution in [-0.4, -0.2) is 7.11 Å². The fourth-order valence-electron chi connectivity index (χ4n) is 1.94. The topological polar surface area (TPSA) is 35.2 Å². The van der Waals surface area contributed by atoms with Gasteiger partial charge in [-0.05, 0) is 24.6 Å². The molecule has 0 saturated carbocycles. The number of methoxy groups -OCH3 is 1. The molecule has 2 nitrogen and oxygen atoms in total. The van der Waals surface area contributed by atoms with Gasteiger partial charge in [-0.15, -0.1) is 0 Å². The van der Waals surface area contributed by atoms with Crippen LogP contribution in [0.3, 0.4) is 0 Å². The Morgan fingerprint density at radius 1 is 1.00 bits per heavy atom. The lowest BCUT2D eigenvalue weighted by Gasteiger charge is -2.12. The fourth-order valence-corrected chi connectivity index (χ4v) is 1.94. The second-order valence-electron chi connectivity index (χ2n) is 4.49. The van der Waals surface area contributed by atoms with Crippen molar-refractivity contribution in [2.45, 2.75) is 13.0 Å². The summed E-state index contributed by atoms with van der Waals surface area (Å²) in [6, 6.07) is 5.65. The average molecular weight is 281 g/mol. The van der Waals surface area contributed by atoms with Crippen LogP contribution in [-0.2, 0) is 0 Å². The van der Waals surface area contributed by atoms with E-state index in [1.807, 2.05) is 0 Å². The number of hydrogen-bond donors (Lipinski definition) is 1. The van der Waals surface area contributed by atoms with Gasteiger partial charge in [0.2, 0.25) is 0 Å². The molecule has 0 aromatic heterocycles. The third-order valence-corrected chi connectivity index (χ3v) is 3.04. The second kappa shape index (κ2) is 5.54. The van der Waals surface area contributed by atoms with Crippen LogP contribution in [0.25, 0.3) is 11.1 Å². The highest BCUT2D eigenvalue weighted by atomic mass is 19.1. The molecule has 2 aromatic carbocycles. The zero-order valence-corrected chi connectivity index (χ0v) is 11.1. The van der Waals surface area contributed by atoms with Gasteiger partial charge < -0.3 is 10.5 Å². The Morgan fingerprint density at radius 2 is 1.60 bits per heavy atom. The van der Waals surface area contributed by atoms with Crippen molar-refractivity contribution in [3.05, 3.63) is 53.3 Å². The molecule has 0 saturated heterocycles. The van der Waals surface area contributed by atoms with Crippen molar-refractivity contribution in [3.63, 3.8) is 0 Å². The van der Waals surface area contributed by atoms with E-state index in [1.54, 1.807) is 6.92 Å². The Balaban J connectivity index is 2.65. The smallest absolute Gasteiger partial charge is 0.137 e. The summed E-state index contributed by atoms with van der Waals surface area (Å²) >= 11 is 0. The zero-order chi connectivity index (χ0) is 14.9. The highest BCUT2D eigenvalue weighted by Crippen LogP contribution is 2.32. The summed E-state index contributed by atoms with van der Waals surface area (Å²) in [5.41, 5.74) is 5.72. The second-order valence-corrected chi connectivity index (χ2v) is 4.49. The number of nitrogens with two attached hydrogens (primary N) is 1. The molecule has 0 heterocycles. The van der Waals surface area contributed by atoms with Gasteiger partial charge in [0.1, 0.15) is 23.2 Å². The van der Waals surface area contributed by atoms with E-state index < -0.39 is 23.0 Å². The molecule has 0 amide bonds. The SMILES string of the molecule is COc1cc(F)c(-c2cc(C(C)N)ccc2F)c(F)c1. The zero-order valence-electron chi connectivity index (χ0n) is 11.1. The van der Waals surface area contributed by atoms with Crippen LogP contribution in [0.2, 0.25) is 0 Å². The minimum Gasteiger partial charge on any atom is -0.497 e. The van der Waals surface area contributed by atoms with Crippen molar-refractivity contribution in [1.29, 1.82) is 0 Å². The van der Waals surface area contributed by atoms with Gasteiger partial charge >= 0.3 is 0 Å². The molecule has 0 bridgehead atoms. The van der Waals surface area contributed by atoms with Gasteiger partial charge in [0.15, 0.2) is 0 Å². The molecule has 2 aromatic rings. The largest absolute Gasteiger partial charge is 0.497 e. The van der Waals surface area contributed by atoms with E-state index in [1.165, 1.54) is 19.2 Å².